The summed E-state index contributed by atoms with van der Waals surface area (Å²) in [5.41, 5.74) is 0.576. The highest BCUT2D eigenvalue weighted by molar-refractivity contribution is 7.85. The van der Waals surface area contributed by atoms with Crippen LogP contribution >= 0.6 is 0 Å². The van der Waals surface area contributed by atoms with Crippen LogP contribution in [0.1, 0.15) is 11.1 Å². The lowest BCUT2D eigenvalue weighted by molar-refractivity contribution is -0.613. The van der Waals surface area contributed by atoms with Crippen molar-refractivity contribution in [2.75, 3.05) is 0 Å². The molecule has 0 saturated carbocycles. The summed E-state index contributed by atoms with van der Waals surface area (Å²) in [7, 11) is -4.16. The number of pyridine rings is 1. The van der Waals surface area contributed by atoms with Gasteiger partial charge in [-0.3, -0.25) is 4.55 Å². The summed E-state index contributed by atoms with van der Waals surface area (Å²) in [6.45, 7) is 1.53. The standard InChI is InChI=1S/C7H9NO5S/c1-5-2-7(9)8(10)3-6(5)4-14(11,12)13/h2-3,9H,4H2,1H3,(H,11,12,13). The molecule has 0 saturated heterocycles. The van der Waals surface area contributed by atoms with Crippen LogP contribution in [0.4, 0.5) is 0 Å². The Bertz CT molecular complexity index is 453. The Hall–Kier alpha value is -1.34. The van der Waals surface area contributed by atoms with Gasteiger partial charge in [0.25, 0.3) is 10.1 Å². The van der Waals surface area contributed by atoms with Crippen molar-refractivity contribution in [3.63, 3.8) is 0 Å². The number of hydrogen-bond acceptors (Lipinski definition) is 4. The summed E-state index contributed by atoms with van der Waals surface area (Å²) < 4.78 is 29.7. The van der Waals surface area contributed by atoms with E-state index in [0.717, 1.165) is 12.3 Å². The molecule has 0 aliphatic rings. The second-order valence-electron chi connectivity index (χ2n) is 2.89. The monoisotopic (exact) mass is 219 g/mol. The quantitative estimate of drug-likeness (QED) is 0.404. The molecule has 1 rings (SSSR count). The average molecular weight is 219 g/mol. The van der Waals surface area contributed by atoms with Gasteiger partial charge in [-0.25, -0.2) is 0 Å². The van der Waals surface area contributed by atoms with Crippen LogP contribution in [-0.2, 0) is 15.9 Å². The minimum Gasteiger partial charge on any atom is -0.616 e. The van der Waals surface area contributed by atoms with Gasteiger partial charge in [-0.15, -0.1) is 4.73 Å². The molecule has 0 aromatic carbocycles. The molecule has 0 amide bonds. The Morgan fingerprint density at radius 1 is 1.57 bits per heavy atom. The Labute approximate surface area is 80.8 Å². The maximum absolute atomic E-state index is 10.9. The van der Waals surface area contributed by atoms with Crippen LogP contribution in [-0.4, -0.2) is 18.1 Å². The molecule has 0 aliphatic heterocycles. The zero-order valence-electron chi connectivity index (χ0n) is 7.34. The fourth-order valence-corrected chi connectivity index (χ4v) is 1.70. The zero-order chi connectivity index (χ0) is 10.9. The summed E-state index contributed by atoms with van der Waals surface area (Å²) in [5.74, 6) is -1.15. The number of nitrogens with zero attached hydrogens (tertiary/aromatic N) is 1. The van der Waals surface area contributed by atoms with Gasteiger partial charge in [-0.05, 0) is 12.5 Å². The summed E-state index contributed by atoms with van der Waals surface area (Å²) in [4.78, 5) is 0. The molecular formula is C7H9NO5S. The predicted molar refractivity (Wildman–Crippen MR) is 47.1 cm³/mol. The summed E-state index contributed by atoms with van der Waals surface area (Å²) in [6.07, 6.45) is 0.915. The highest BCUT2D eigenvalue weighted by Crippen LogP contribution is 2.12. The van der Waals surface area contributed by atoms with Crippen LogP contribution in [0.5, 0.6) is 5.88 Å². The number of aromatic nitrogens is 1. The molecule has 0 radical (unpaired) electrons. The largest absolute Gasteiger partial charge is 0.616 e. The van der Waals surface area contributed by atoms with Gasteiger partial charge in [0.2, 0.25) is 0 Å². The lowest BCUT2D eigenvalue weighted by atomic mass is 10.2. The third kappa shape index (κ3) is 2.57. The number of aromatic hydroxyl groups is 1. The molecule has 0 unspecified atom stereocenters. The van der Waals surface area contributed by atoms with E-state index in [9.17, 15) is 13.6 Å². The van der Waals surface area contributed by atoms with Crippen LogP contribution in [0.15, 0.2) is 12.3 Å². The molecular weight excluding hydrogens is 210 g/mol. The van der Waals surface area contributed by atoms with E-state index >= 15 is 0 Å². The smallest absolute Gasteiger partial charge is 0.377 e. The Morgan fingerprint density at radius 2 is 2.14 bits per heavy atom. The van der Waals surface area contributed by atoms with Crippen LogP contribution in [0.25, 0.3) is 0 Å². The van der Waals surface area contributed by atoms with Gasteiger partial charge in [-0.2, -0.15) is 8.42 Å². The van der Waals surface area contributed by atoms with E-state index in [2.05, 4.69) is 0 Å². The first kappa shape index (κ1) is 10.7. The first-order chi connectivity index (χ1) is 6.29. The molecule has 0 atom stereocenters. The Balaban J connectivity index is 3.17. The zero-order valence-corrected chi connectivity index (χ0v) is 8.15. The highest BCUT2D eigenvalue weighted by Gasteiger charge is 2.14. The molecule has 0 aliphatic carbocycles. The third-order valence-electron chi connectivity index (χ3n) is 1.69. The Kier molecular flexibility index (Phi) is 2.63. The number of rotatable bonds is 2. The van der Waals surface area contributed by atoms with Crippen LogP contribution in [0, 0.1) is 12.1 Å². The predicted octanol–water partition coefficient (Wildman–Crippen LogP) is -0.278. The minimum absolute atomic E-state index is 0.132. The van der Waals surface area contributed by atoms with E-state index in [0.29, 0.717) is 5.56 Å². The molecule has 1 aromatic heterocycles. The lowest BCUT2D eigenvalue weighted by Crippen LogP contribution is -2.27. The van der Waals surface area contributed by atoms with Crippen LogP contribution in [0.3, 0.4) is 0 Å². The summed E-state index contributed by atoms with van der Waals surface area (Å²) >= 11 is 0. The second-order valence-corrected chi connectivity index (χ2v) is 4.34. The average Bonchev–Trinajstić information content (AvgIpc) is 1.97. The molecule has 7 heteroatoms. The van der Waals surface area contributed by atoms with Crippen molar-refractivity contribution < 1.29 is 22.8 Å². The lowest BCUT2D eigenvalue weighted by Gasteiger charge is -2.04. The van der Waals surface area contributed by atoms with E-state index in [1.807, 2.05) is 0 Å². The molecule has 14 heavy (non-hydrogen) atoms. The van der Waals surface area contributed by atoms with Crippen molar-refractivity contribution in [1.82, 2.24) is 0 Å². The molecule has 1 heterocycles. The maximum Gasteiger partial charge on any atom is 0.377 e. The van der Waals surface area contributed by atoms with E-state index in [1.165, 1.54) is 6.92 Å². The van der Waals surface area contributed by atoms with Crippen molar-refractivity contribution in [2.45, 2.75) is 12.7 Å². The van der Waals surface area contributed by atoms with Gasteiger partial charge >= 0.3 is 5.88 Å². The fraction of sp³-hybridized carbons (Fsp3) is 0.286. The van der Waals surface area contributed by atoms with E-state index in [4.69, 9.17) is 9.66 Å². The summed E-state index contributed by atoms with van der Waals surface area (Å²) in [5, 5.41) is 19.8. The first-order valence-corrected chi connectivity index (χ1v) is 5.27. The van der Waals surface area contributed by atoms with E-state index in [1.54, 1.807) is 0 Å². The van der Waals surface area contributed by atoms with Crippen molar-refractivity contribution in [3.8, 4) is 5.88 Å². The van der Waals surface area contributed by atoms with Crippen LogP contribution < -0.4 is 4.73 Å². The topological polar surface area (TPSA) is 102 Å². The number of aryl methyl sites for hydroxylation is 1. The van der Waals surface area contributed by atoms with Gasteiger partial charge in [0.05, 0.1) is 6.07 Å². The first-order valence-electron chi connectivity index (χ1n) is 3.66. The van der Waals surface area contributed by atoms with Crippen molar-refractivity contribution in [3.05, 3.63) is 28.6 Å². The number of hydrogen-bond donors (Lipinski definition) is 2. The van der Waals surface area contributed by atoms with E-state index < -0.39 is 21.8 Å². The van der Waals surface area contributed by atoms with Crippen molar-refractivity contribution >= 4 is 10.1 Å². The van der Waals surface area contributed by atoms with Gasteiger partial charge in [0.15, 0.2) is 6.20 Å². The molecule has 78 valence electrons. The molecule has 0 fully saturated rings. The third-order valence-corrected chi connectivity index (χ3v) is 2.36. The van der Waals surface area contributed by atoms with Gasteiger partial charge < -0.3 is 10.3 Å². The second kappa shape index (κ2) is 3.43. The van der Waals surface area contributed by atoms with E-state index in [-0.39, 0.29) is 10.3 Å². The van der Waals surface area contributed by atoms with Crippen molar-refractivity contribution in [2.24, 2.45) is 0 Å². The van der Waals surface area contributed by atoms with Gasteiger partial charge in [0, 0.05) is 5.56 Å². The normalized spacial score (nSPS) is 11.6. The molecule has 0 bridgehead atoms. The SMILES string of the molecule is Cc1cc(O)[n+]([O-])cc1CS(=O)(=O)O. The molecule has 2 N–H and O–H groups in total. The van der Waals surface area contributed by atoms with Gasteiger partial charge in [-0.1, -0.05) is 0 Å². The molecule has 6 nitrogen and oxygen atoms in total. The Morgan fingerprint density at radius 3 is 2.64 bits per heavy atom. The fourth-order valence-electron chi connectivity index (χ4n) is 1.01. The van der Waals surface area contributed by atoms with Gasteiger partial charge in [0.1, 0.15) is 5.75 Å². The maximum atomic E-state index is 10.9. The molecule has 0 spiro atoms. The minimum atomic E-state index is -4.16. The highest BCUT2D eigenvalue weighted by atomic mass is 32.2. The molecule has 1 aromatic rings. The van der Waals surface area contributed by atoms with Crippen molar-refractivity contribution in [1.29, 1.82) is 0 Å². The van der Waals surface area contributed by atoms with Crippen LogP contribution in [0.2, 0.25) is 0 Å². The summed E-state index contributed by atoms with van der Waals surface area (Å²) in [6, 6.07) is 1.13.